The number of nitrogens with one attached hydrogen (secondary N) is 1. The first-order valence-corrected chi connectivity index (χ1v) is 11.7. The van der Waals surface area contributed by atoms with E-state index in [1.54, 1.807) is 18.2 Å². The fraction of sp³-hybridized carbons (Fsp3) is 0.304. The molecule has 1 N–H and O–H groups in total. The number of non-ortho nitro benzene ring substituents is 1. The molecule has 0 atom stereocenters. The molecule has 1 amide bonds. The number of carbonyl (C=O) groups excluding carboxylic acids is 1. The molecule has 3 heterocycles. The number of hydrogen-bond acceptors (Lipinski definition) is 8. The minimum absolute atomic E-state index is 0.0424. The van der Waals surface area contributed by atoms with Gasteiger partial charge >= 0.3 is 0 Å². The molecular weight excluding hydrogens is 458 g/mol. The van der Waals surface area contributed by atoms with Gasteiger partial charge in [-0.05, 0) is 48.9 Å². The molecule has 2 aromatic rings. The Labute approximate surface area is 199 Å². The maximum Gasteiger partial charge on any atom is 0.283 e. The second kappa shape index (κ2) is 8.90. The number of amides is 1. The van der Waals surface area contributed by atoms with Gasteiger partial charge in [-0.2, -0.15) is 15.1 Å². The van der Waals surface area contributed by atoms with E-state index in [9.17, 15) is 14.9 Å². The molecule has 1 saturated carbocycles. The number of benzene rings is 1. The largest absolute Gasteiger partial charge is 0.496 e. The van der Waals surface area contributed by atoms with Crippen molar-refractivity contribution in [1.29, 1.82) is 5.41 Å². The number of hydrazone groups is 1. The molecule has 1 aromatic heterocycles. The fourth-order valence-electron chi connectivity index (χ4n) is 4.24. The summed E-state index contributed by atoms with van der Waals surface area (Å²) in [6.07, 6.45) is 7.16. The smallest absolute Gasteiger partial charge is 0.283 e. The number of nitro benzene ring substituents is 1. The summed E-state index contributed by atoms with van der Waals surface area (Å²) in [6.45, 7) is 0. The number of ether oxygens (including phenoxy) is 1. The zero-order valence-electron chi connectivity index (χ0n) is 18.3. The van der Waals surface area contributed by atoms with Crippen LogP contribution in [0.2, 0.25) is 0 Å². The summed E-state index contributed by atoms with van der Waals surface area (Å²) >= 11 is 1.38. The van der Waals surface area contributed by atoms with Crippen LogP contribution in [0.1, 0.15) is 37.9 Å². The van der Waals surface area contributed by atoms with Crippen LogP contribution in [0.15, 0.2) is 50.4 Å². The maximum absolute atomic E-state index is 12.7. The van der Waals surface area contributed by atoms with Crippen molar-refractivity contribution in [2.75, 3.05) is 7.11 Å². The normalized spacial score (nSPS) is 19.8. The molecule has 0 spiro atoms. The number of rotatable bonds is 5. The Morgan fingerprint density at radius 3 is 2.79 bits per heavy atom. The summed E-state index contributed by atoms with van der Waals surface area (Å²) in [5.74, 6) is 0.829. The molecule has 1 aromatic carbocycles. The average molecular weight is 480 g/mol. The standard InChI is InChI=1S/C23H21N5O5S/c1-32-19-11-14(28(30)31)7-9-16(19)18-10-8-15(33-18)12-17-20(24)27-23(25-21(17)29)34-22(26-27)13-5-3-2-4-6-13/h7-13,24H,2-6H2,1H3/b17-12-,24-20?. The number of aliphatic imine (C=N–C) groups is 1. The Bertz CT molecular complexity index is 1290. The minimum atomic E-state index is -0.519. The SMILES string of the molecule is COc1cc([N+](=O)[O-])ccc1-c1ccc(/C=C2/C(=N)N3N=C(C4CCCCC4)SC3=NC2=O)o1. The van der Waals surface area contributed by atoms with Crippen LogP contribution in [0, 0.1) is 21.4 Å². The van der Waals surface area contributed by atoms with Crippen LogP contribution in [0.25, 0.3) is 17.4 Å². The van der Waals surface area contributed by atoms with Crippen molar-refractivity contribution in [3.8, 4) is 17.1 Å². The molecule has 11 heteroatoms. The zero-order chi connectivity index (χ0) is 23.8. The number of thioether (sulfide) groups is 1. The third kappa shape index (κ3) is 4.03. The second-order valence-electron chi connectivity index (χ2n) is 8.14. The van der Waals surface area contributed by atoms with Gasteiger partial charge in [0.15, 0.2) is 5.84 Å². The number of furan rings is 1. The van der Waals surface area contributed by atoms with Crippen LogP contribution in [0.5, 0.6) is 5.75 Å². The number of carbonyl (C=O) groups is 1. The Kier molecular flexibility index (Phi) is 5.78. The van der Waals surface area contributed by atoms with Crippen molar-refractivity contribution in [2.24, 2.45) is 16.0 Å². The average Bonchev–Trinajstić information content (AvgIpc) is 3.49. The molecule has 0 unspecified atom stereocenters. The van der Waals surface area contributed by atoms with Crippen molar-refractivity contribution in [1.82, 2.24) is 5.01 Å². The molecular formula is C23H21N5O5S. The highest BCUT2D eigenvalue weighted by Crippen LogP contribution is 2.37. The first-order chi connectivity index (χ1) is 16.4. The van der Waals surface area contributed by atoms with Crippen LogP contribution < -0.4 is 4.74 Å². The van der Waals surface area contributed by atoms with Crippen LogP contribution in [0.4, 0.5) is 5.69 Å². The quantitative estimate of drug-likeness (QED) is 0.360. The van der Waals surface area contributed by atoms with Gasteiger partial charge in [0, 0.05) is 12.0 Å². The lowest BCUT2D eigenvalue weighted by Gasteiger charge is -2.20. The summed E-state index contributed by atoms with van der Waals surface area (Å²) < 4.78 is 11.1. The summed E-state index contributed by atoms with van der Waals surface area (Å²) in [7, 11) is 1.42. The van der Waals surface area contributed by atoms with Gasteiger partial charge in [0.05, 0.1) is 29.2 Å². The van der Waals surface area contributed by atoms with Crippen molar-refractivity contribution in [3.63, 3.8) is 0 Å². The van der Waals surface area contributed by atoms with E-state index in [1.165, 1.54) is 61.4 Å². The van der Waals surface area contributed by atoms with Gasteiger partial charge in [0.25, 0.3) is 11.6 Å². The van der Waals surface area contributed by atoms with E-state index in [-0.39, 0.29) is 22.8 Å². The number of nitro groups is 1. The Balaban J connectivity index is 1.41. The number of hydrogen-bond donors (Lipinski definition) is 1. The lowest BCUT2D eigenvalue weighted by molar-refractivity contribution is -0.384. The monoisotopic (exact) mass is 479 g/mol. The lowest BCUT2D eigenvalue weighted by Crippen LogP contribution is -2.35. The summed E-state index contributed by atoms with van der Waals surface area (Å²) in [6, 6.07) is 7.55. The summed E-state index contributed by atoms with van der Waals surface area (Å²) in [5, 5.41) is 27.0. The van der Waals surface area contributed by atoms with Crippen molar-refractivity contribution in [3.05, 3.63) is 51.8 Å². The van der Waals surface area contributed by atoms with E-state index in [0.717, 1.165) is 17.9 Å². The highest BCUT2D eigenvalue weighted by Gasteiger charge is 2.38. The van der Waals surface area contributed by atoms with Crippen LogP contribution in [-0.2, 0) is 4.79 Å². The predicted octanol–water partition coefficient (Wildman–Crippen LogP) is 5.06. The summed E-state index contributed by atoms with van der Waals surface area (Å²) in [5.41, 5.74) is 0.511. The molecule has 0 bridgehead atoms. The van der Waals surface area contributed by atoms with Crippen molar-refractivity contribution < 1.29 is 18.9 Å². The predicted molar refractivity (Wildman–Crippen MR) is 129 cm³/mol. The van der Waals surface area contributed by atoms with Crippen molar-refractivity contribution in [2.45, 2.75) is 32.1 Å². The molecule has 1 fully saturated rings. The number of fused-ring (bicyclic) bond motifs is 1. The number of amidine groups is 2. The molecule has 34 heavy (non-hydrogen) atoms. The fourth-order valence-corrected chi connectivity index (χ4v) is 5.29. The van der Waals surface area contributed by atoms with E-state index >= 15 is 0 Å². The minimum Gasteiger partial charge on any atom is -0.496 e. The van der Waals surface area contributed by atoms with Crippen LogP contribution in [0.3, 0.4) is 0 Å². The van der Waals surface area contributed by atoms with Gasteiger partial charge in [-0.15, -0.1) is 0 Å². The number of nitrogens with zero attached hydrogens (tertiary/aromatic N) is 4. The first-order valence-electron chi connectivity index (χ1n) is 10.9. The highest BCUT2D eigenvalue weighted by molar-refractivity contribution is 8.27. The van der Waals surface area contributed by atoms with E-state index in [0.29, 0.717) is 28.2 Å². The molecule has 3 aliphatic rings. The van der Waals surface area contributed by atoms with E-state index in [4.69, 9.17) is 14.6 Å². The molecule has 1 aliphatic carbocycles. The first kappa shape index (κ1) is 22.1. The molecule has 0 saturated heterocycles. The van der Waals surface area contributed by atoms with E-state index < -0.39 is 10.8 Å². The van der Waals surface area contributed by atoms with E-state index in [1.807, 2.05) is 0 Å². The topological polar surface area (TPSA) is 134 Å². The van der Waals surface area contributed by atoms with E-state index in [2.05, 4.69) is 10.1 Å². The van der Waals surface area contributed by atoms with Crippen LogP contribution >= 0.6 is 11.8 Å². The third-order valence-corrected chi connectivity index (χ3v) is 7.07. The Morgan fingerprint density at radius 2 is 2.06 bits per heavy atom. The second-order valence-corrected chi connectivity index (χ2v) is 9.12. The molecule has 174 valence electrons. The van der Waals surface area contributed by atoms with Gasteiger partial charge in [0.2, 0.25) is 5.17 Å². The maximum atomic E-state index is 12.7. The molecule has 0 radical (unpaired) electrons. The number of methoxy groups -OCH3 is 1. The zero-order valence-corrected chi connectivity index (χ0v) is 19.1. The Morgan fingerprint density at radius 1 is 1.26 bits per heavy atom. The van der Waals surface area contributed by atoms with Gasteiger partial charge in [-0.25, -0.2) is 0 Å². The lowest BCUT2D eigenvalue weighted by atomic mass is 9.90. The molecule has 2 aliphatic heterocycles. The Hall–Kier alpha value is -3.73. The van der Waals surface area contributed by atoms with Gasteiger partial charge < -0.3 is 9.15 Å². The van der Waals surface area contributed by atoms with Crippen molar-refractivity contribution >= 4 is 45.5 Å². The van der Waals surface area contributed by atoms with Gasteiger partial charge in [-0.1, -0.05) is 19.3 Å². The molecule has 5 rings (SSSR count). The van der Waals surface area contributed by atoms with Crippen LogP contribution in [-0.4, -0.2) is 39.0 Å². The summed E-state index contributed by atoms with van der Waals surface area (Å²) in [4.78, 5) is 27.4. The van der Waals surface area contributed by atoms with Gasteiger partial charge in [0.1, 0.15) is 22.3 Å². The van der Waals surface area contributed by atoms with Gasteiger partial charge in [-0.3, -0.25) is 20.3 Å². The highest BCUT2D eigenvalue weighted by atomic mass is 32.2. The third-order valence-electron chi connectivity index (χ3n) is 6.00. The molecule has 10 nitrogen and oxygen atoms in total.